The van der Waals surface area contributed by atoms with Crippen LogP contribution in [0.15, 0.2) is 42.6 Å². The molecule has 4 N–H and O–H groups in total. The molecule has 1 unspecified atom stereocenters. The van der Waals surface area contributed by atoms with Crippen LogP contribution in [-0.4, -0.2) is 19.7 Å². The molecular weight excluding hydrogens is 357 g/mol. The van der Waals surface area contributed by atoms with Gasteiger partial charge in [-0.3, -0.25) is 9.78 Å². The first-order chi connectivity index (χ1) is 12.3. The Hall–Kier alpha value is -2.84. The third-order valence-corrected chi connectivity index (χ3v) is 4.45. The van der Waals surface area contributed by atoms with Gasteiger partial charge in [-0.25, -0.2) is 8.60 Å². The zero-order valence-corrected chi connectivity index (χ0v) is 14.6. The van der Waals surface area contributed by atoms with E-state index in [9.17, 15) is 17.9 Å². The molecule has 6 nitrogen and oxygen atoms in total. The number of aromatic nitrogens is 1. The van der Waals surface area contributed by atoms with Crippen molar-refractivity contribution in [3.05, 3.63) is 65.1 Å². The van der Waals surface area contributed by atoms with Crippen LogP contribution in [-0.2, 0) is 16.8 Å². The molecule has 1 heterocycles. The molecule has 0 aliphatic rings. The topological polar surface area (TPSA) is 105 Å². The highest BCUT2D eigenvalue weighted by Gasteiger charge is 2.16. The largest absolute Gasteiger partial charge is 0.365 e. The maximum absolute atomic E-state index is 13.5. The summed E-state index contributed by atoms with van der Waals surface area (Å²) in [5.74, 6) is -1.18. The van der Waals surface area contributed by atoms with Gasteiger partial charge in [-0.05, 0) is 42.3 Å². The lowest BCUT2D eigenvalue weighted by Crippen LogP contribution is -2.14. The van der Waals surface area contributed by atoms with Gasteiger partial charge in [0.15, 0.2) is 11.1 Å². The zero-order chi connectivity index (χ0) is 18.8. The number of nitrogens with two attached hydrogens (primary N) is 1. The van der Waals surface area contributed by atoms with E-state index in [-0.39, 0.29) is 11.3 Å². The Morgan fingerprint density at radius 2 is 2.12 bits per heavy atom. The molecule has 8 heteroatoms. The highest BCUT2D eigenvalue weighted by molar-refractivity contribution is 7.78. The SMILES string of the molecule is Cc1cc(CS(=O)O)cc2c(Nc3cccc(F)c3)c(C(N)=O)cnc12. The van der Waals surface area contributed by atoms with Crippen LogP contribution in [0, 0.1) is 12.7 Å². The molecule has 3 aromatic rings. The van der Waals surface area contributed by atoms with Gasteiger partial charge in [0.1, 0.15) is 5.82 Å². The maximum atomic E-state index is 13.5. The lowest BCUT2D eigenvalue weighted by molar-refractivity contribution is 0.100. The fraction of sp³-hybridized carbons (Fsp3) is 0.111. The van der Waals surface area contributed by atoms with E-state index in [0.717, 1.165) is 5.56 Å². The lowest BCUT2D eigenvalue weighted by Gasteiger charge is -2.15. The van der Waals surface area contributed by atoms with Crippen molar-refractivity contribution in [1.29, 1.82) is 0 Å². The Kier molecular flexibility index (Phi) is 4.97. The van der Waals surface area contributed by atoms with E-state index in [2.05, 4.69) is 10.3 Å². The molecule has 0 aliphatic carbocycles. The summed E-state index contributed by atoms with van der Waals surface area (Å²) >= 11 is -2.01. The number of carbonyl (C=O) groups is 1. The number of primary amides is 1. The Balaban J connectivity index is 2.24. The van der Waals surface area contributed by atoms with Crippen molar-refractivity contribution in [1.82, 2.24) is 4.98 Å². The van der Waals surface area contributed by atoms with Crippen molar-refractivity contribution in [2.45, 2.75) is 12.7 Å². The number of pyridine rings is 1. The second kappa shape index (κ2) is 7.19. The van der Waals surface area contributed by atoms with Crippen LogP contribution in [0.1, 0.15) is 21.5 Å². The van der Waals surface area contributed by atoms with Crippen molar-refractivity contribution < 1.29 is 17.9 Å². The summed E-state index contributed by atoms with van der Waals surface area (Å²) in [7, 11) is 0. The van der Waals surface area contributed by atoms with Crippen molar-refractivity contribution >= 4 is 39.3 Å². The predicted molar refractivity (Wildman–Crippen MR) is 99.2 cm³/mol. The van der Waals surface area contributed by atoms with E-state index >= 15 is 0 Å². The summed E-state index contributed by atoms with van der Waals surface area (Å²) in [4.78, 5) is 16.1. The monoisotopic (exact) mass is 373 g/mol. The first-order valence-electron chi connectivity index (χ1n) is 7.67. The van der Waals surface area contributed by atoms with Gasteiger partial charge in [-0.15, -0.1) is 0 Å². The van der Waals surface area contributed by atoms with E-state index in [0.29, 0.717) is 27.8 Å². The van der Waals surface area contributed by atoms with Crippen LogP contribution < -0.4 is 11.1 Å². The van der Waals surface area contributed by atoms with Gasteiger partial charge in [-0.1, -0.05) is 12.1 Å². The average molecular weight is 373 g/mol. The van der Waals surface area contributed by atoms with Gasteiger partial charge < -0.3 is 15.6 Å². The molecule has 1 atom stereocenters. The van der Waals surface area contributed by atoms with Crippen molar-refractivity contribution in [3.63, 3.8) is 0 Å². The van der Waals surface area contributed by atoms with Gasteiger partial charge in [0.25, 0.3) is 5.91 Å². The summed E-state index contributed by atoms with van der Waals surface area (Å²) in [5, 5.41) is 3.59. The van der Waals surface area contributed by atoms with Crippen LogP contribution in [0.3, 0.4) is 0 Å². The minimum atomic E-state index is -2.01. The molecule has 26 heavy (non-hydrogen) atoms. The number of hydrogen-bond donors (Lipinski definition) is 3. The van der Waals surface area contributed by atoms with Crippen molar-refractivity contribution in [3.8, 4) is 0 Å². The van der Waals surface area contributed by atoms with E-state index in [1.807, 2.05) is 6.92 Å². The number of halogens is 1. The highest BCUT2D eigenvalue weighted by atomic mass is 32.2. The molecular formula is C18H16FN3O3S. The molecule has 0 aliphatic heterocycles. The number of nitrogens with zero attached hydrogens (tertiary/aromatic N) is 1. The zero-order valence-electron chi connectivity index (χ0n) is 13.8. The Morgan fingerprint density at radius 1 is 1.35 bits per heavy atom. The number of fused-ring (bicyclic) bond motifs is 1. The molecule has 0 fully saturated rings. The van der Waals surface area contributed by atoms with Crippen molar-refractivity contribution in [2.24, 2.45) is 5.73 Å². The van der Waals surface area contributed by atoms with Gasteiger partial charge in [0.05, 0.1) is 22.5 Å². The lowest BCUT2D eigenvalue weighted by atomic mass is 10.0. The normalized spacial score (nSPS) is 12.1. The van der Waals surface area contributed by atoms with E-state index in [4.69, 9.17) is 5.73 Å². The van der Waals surface area contributed by atoms with E-state index in [1.165, 1.54) is 24.4 Å². The maximum Gasteiger partial charge on any atom is 0.252 e. The summed E-state index contributed by atoms with van der Waals surface area (Å²) in [6, 6.07) is 9.23. The molecule has 0 bridgehead atoms. The third-order valence-electron chi connectivity index (χ3n) is 3.87. The standard InChI is InChI=1S/C18H16FN3O3S/c1-10-5-11(9-26(24)25)6-14-16(10)21-8-15(18(20)23)17(14)22-13-4-2-3-12(19)7-13/h2-8H,9H2,1H3,(H2,20,23)(H,21,22)(H,24,25). The fourth-order valence-corrected chi connectivity index (χ4v) is 3.26. The first-order valence-corrected chi connectivity index (χ1v) is 8.95. The second-order valence-corrected chi connectivity index (χ2v) is 6.75. The Labute approximate surface area is 151 Å². The van der Waals surface area contributed by atoms with Crippen LogP contribution in [0.5, 0.6) is 0 Å². The number of benzene rings is 2. The van der Waals surface area contributed by atoms with Gasteiger partial charge in [0, 0.05) is 17.3 Å². The first kappa shape index (κ1) is 18.0. The van der Waals surface area contributed by atoms with Crippen LogP contribution >= 0.6 is 0 Å². The quantitative estimate of drug-likeness (QED) is 0.596. The molecule has 0 saturated carbocycles. The van der Waals surface area contributed by atoms with E-state index in [1.54, 1.807) is 18.2 Å². The molecule has 3 rings (SSSR count). The molecule has 134 valence electrons. The summed E-state index contributed by atoms with van der Waals surface area (Å²) in [6.45, 7) is 1.81. The molecule has 0 spiro atoms. The van der Waals surface area contributed by atoms with Crippen LogP contribution in [0.4, 0.5) is 15.8 Å². The Morgan fingerprint density at radius 3 is 2.77 bits per heavy atom. The molecule has 1 aromatic heterocycles. The molecule has 0 radical (unpaired) electrons. The number of carbonyl (C=O) groups excluding carboxylic acids is 1. The van der Waals surface area contributed by atoms with Gasteiger partial charge in [0.2, 0.25) is 0 Å². The van der Waals surface area contributed by atoms with Crippen LogP contribution in [0.2, 0.25) is 0 Å². The summed E-state index contributed by atoms with van der Waals surface area (Å²) in [6.07, 6.45) is 1.36. The fourth-order valence-electron chi connectivity index (χ4n) is 2.81. The number of anilines is 2. The number of hydrogen-bond acceptors (Lipinski definition) is 4. The van der Waals surface area contributed by atoms with Crippen LogP contribution in [0.25, 0.3) is 10.9 Å². The molecule has 2 aromatic carbocycles. The molecule has 0 saturated heterocycles. The summed E-state index contributed by atoms with van der Waals surface area (Å²) < 4.78 is 33.8. The minimum absolute atomic E-state index is 0.0585. The highest BCUT2D eigenvalue weighted by Crippen LogP contribution is 2.32. The Bertz CT molecular complexity index is 1040. The van der Waals surface area contributed by atoms with Gasteiger partial charge >= 0.3 is 0 Å². The van der Waals surface area contributed by atoms with E-state index < -0.39 is 22.8 Å². The smallest absolute Gasteiger partial charge is 0.252 e. The molecule has 1 amide bonds. The number of rotatable bonds is 5. The predicted octanol–water partition coefficient (Wildman–Crippen LogP) is 3.25. The number of amides is 1. The van der Waals surface area contributed by atoms with Crippen molar-refractivity contribution in [2.75, 3.05) is 5.32 Å². The second-order valence-electron chi connectivity index (χ2n) is 5.82. The van der Waals surface area contributed by atoms with Gasteiger partial charge in [-0.2, -0.15) is 0 Å². The average Bonchev–Trinajstić information content (AvgIpc) is 2.54. The number of aryl methyl sites for hydroxylation is 1. The summed E-state index contributed by atoms with van der Waals surface area (Å²) in [5.41, 5.74) is 8.43. The number of nitrogens with one attached hydrogen (secondary N) is 1. The minimum Gasteiger partial charge on any atom is -0.365 e. The third kappa shape index (κ3) is 3.71.